The monoisotopic (exact) mass is 740 g/mol. The lowest BCUT2D eigenvalue weighted by Gasteiger charge is -2.28. The number of aromatic nitrogens is 2. The Kier molecular flexibility index (Phi) is 10.2. The summed E-state index contributed by atoms with van der Waals surface area (Å²) in [7, 11) is 0. The topological polar surface area (TPSA) is 166 Å². The van der Waals surface area contributed by atoms with Crippen molar-refractivity contribution in [2.45, 2.75) is 0 Å². The first-order chi connectivity index (χ1) is 26.5. The molecule has 2 aliphatic heterocycles. The first-order valence-electron chi connectivity index (χ1n) is 17.9. The van der Waals surface area contributed by atoms with Gasteiger partial charge < -0.3 is 46.5 Å². The van der Waals surface area contributed by atoms with Gasteiger partial charge in [0, 0.05) is 75.2 Å². The highest BCUT2D eigenvalue weighted by atomic mass is 32.1. The van der Waals surface area contributed by atoms with Gasteiger partial charge in [-0.2, -0.15) is 0 Å². The van der Waals surface area contributed by atoms with Crippen molar-refractivity contribution in [3.8, 4) is 22.5 Å². The van der Waals surface area contributed by atoms with E-state index in [4.69, 9.17) is 10.2 Å². The Morgan fingerprint density at radius 2 is 1.41 bits per heavy atom. The maximum atomic E-state index is 13.5. The number of pyridine rings is 1. The van der Waals surface area contributed by atoms with Gasteiger partial charge in [0.2, 0.25) is 0 Å². The minimum atomic E-state index is -0.286. The number of rotatable bonds is 10. The molecule has 3 aromatic heterocycles. The minimum absolute atomic E-state index is 0.284. The second-order valence-electron chi connectivity index (χ2n) is 13.0. The number of thiazole rings is 1. The fourth-order valence-corrected chi connectivity index (χ4v) is 7.20. The van der Waals surface area contributed by atoms with Crippen molar-refractivity contribution in [2.24, 2.45) is 0 Å². The summed E-state index contributed by atoms with van der Waals surface area (Å²) < 4.78 is 5.64. The van der Waals surface area contributed by atoms with Crippen molar-refractivity contribution in [3.05, 3.63) is 113 Å². The molecule has 3 aromatic carbocycles. The quantitative estimate of drug-likeness (QED) is 0.0898. The molecule has 5 heterocycles. The number of nitrogens with one attached hydrogen (secondary N) is 5. The summed E-state index contributed by atoms with van der Waals surface area (Å²) in [5.74, 6) is 1.80. The second kappa shape index (κ2) is 15.8. The zero-order chi connectivity index (χ0) is 36.9. The van der Waals surface area contributed by atoms with Crippen LogP contribution in [0.5, 0.6) is 0 Å². The molecule has 0 bridgehead atoms. The van der Waals surface area contributed by atoms with Gasteiger partial charge in [-0.05, 0) is 77.9 Å². The van der Waals surface area contributed by atoms with Gasteiger partial charge in [0.05, 0.1) is 34.6 Å². The van der Waals surface area contributed by atoms with Crippen LogP contribution >= 0.6 is 11.3 Å². The summed E-state index contributed by atoms with van der Waals surface area (Å²) >= 11 is 1.33. The third kappa shape index (κ3) is 7.90. The molecule has 6 aromatic rings. The van der Waals surface area contributed by atoms with Crippen LogP contribution in [0.25, 0.3) is 22.5 Å². The number of amides is 2. The first kappa shape index (κ1) is 34.8. The summed E-state index contributed by atoms with van der Waals surface area (Å²) in [5.41, 5.74) is 12.5. The van der Waals surface area contributed by atoms with E-state index < -0.39 is 0 Å². The van der Waals surface area contributed by atoms with E-state index in [-0.39, 0.29) is 11.8 Å². The molecule has 274 valence electrons. The average Bonchev–Trinajstić information content (AvgIpc) is 3.95. The van der Waals surface area contributed by atoms with E-state index in [9.17, 15) is 9.59 Å². The molecular formula is C40H40N10O3S. The Labute approximate surface area is 316 Å². The molecule has 0 radical (unpaired) electrons. The molecule has 0 spiro atoms. The predicted octanol–water partition coefficient (Wildman–Crippen LogP) is 6.11. The number of piperazine rings is 2. The van der Waals surface area contributed by atoms with Gasteiger partial charge in [-0.25, -0.2) is 9.97 Å². The predicted molar refractivity (Wildman–Crippen MR) is 216 cm³/mol. The number of benzene rings is 3. The molecule has 13 nitrogen and oxygen atoms in total. The van der Waals surface area contributed by atoms with Gasteiger partial charge in [0.15, 0.2) is 5.01 Å². The number of nitrogens with zero attached hydrogens (tertiary/aromatic N) is 4. The van der Waals surface area contributed by atoms with Crippen LogP contribution in [0.15, 0.2) is 107 Å². The van der Waals surface area contributed by atoms with E-state index >= 15 is 0 Å². The summed E-state index contributed by atoms with van der Waals surface area (Å²) in [6, 6.07) is 26.6. The number of carbonyl (C=O) groups is 2. The van der Waals surface area contributed by atoms with Gasteiger partial charge in [0.1, 0.15) is 17.4 Å². The lowest BCUT2D eigenvalue weighted by molar-refractivity contribution is 0.101. The number of hydrogen-bond acceptors (Lipinski definition) is 12. The van der Waals surface area contributed by atoms with Crippen LogP contribution in [0.4, 0.5) is 40.1 Å². The highest BCUT2D eigenvalue weighted by molar-refractivity contribution is 7.12. The smallest absolute Gasteiger partial charge is 0.284 e. The van der Waals surface area contributed by atoms with Gasteiger partial charge in [-0.3, -0.25) is 9.59 Å². The van der Waals surface area contributed by atoms with Crippen molar-refractivity contribution in [1.82, 2.24) is 20.6 Å². The zero-order valence-corrected chi connectivity index (χ0v) is 30.3. The van der Waals surface area contributed by atoms with E-state index in [1.54, 1.807) is 24.6 Å². The van der Waals surface area contributed by atoms with E-state index in [1.807, 2.05) is 78.2 Å². The summed E-state index contributed by atoms with van der Waals surface area (Å²) in [5, 5.41) is 18.5. The van der Waals surface area contributed by atoms with Crippen LogP contribution in [-0.2, 0) is 0 Å². The minimum Gasteiger partial charge on any atom is -0.464 e. The lowest BCUT2D eigenvalue weighted by Crippen LogP contribution is -2.43. The Morgan fingerprint density at radius 1 is 0.722 bits per heavy atom. The zero-order valence-electron chi connectivity index (χ0n) is 29.5. The van der Waals surface area contributed by atoms with Crippen molar-refractivity contribution >= 4 is 63.2 Å². The number of carbonyl (C=O) groups excluding carboxylic acids is 2. The molecule has 0 saturated carbocycles. The van der Waals surface area contributed by atoms with Crippen LogP contribution in [0.2, 0.25) is 0 Å². The molecule has 2 fully saturated rings. The van der Waals surface area contributed by atoms with Crippen molar-refractivity contribution < 1.29 is 14.0 Å². The lowest BCUT2D eigenvalue weighted by atomic mass is 10.0. The number of nitrogen functional groups attached to an aromatic ring is 1. The van der Waals surface area contributed by atoms with Crippen LogP contribution in [-0.4, -0.2) is 74.1 Å². The van der Waals surface area contributed by atoms with E-state index in [1.165, 1.54) is 11.3 Å². The fraction of sp³-hybridized carbons (Fsp3) is 0.200. The van der Waals surface area contributed by atoms with Gasteiger partial charge in [0.25, 0.3) is 11.8 Å². The number of furan rings is 1. The Morgan fingerprint density at radius 3 is 2.11 bits per heavy atom. The van der Waals surface area contributed by atoms with Crippen molar-refractivity contribution in [1.29, 1.82) is 0 Å². The highest BCUT2D eigenvalue weighted by Gasteiger charge is 2.19. The van der Waals surface area contributed by atoms with Crippen LogP contribution in [0, 0.1) is 0 Å². The maximum Gasteiger partial charge on any atom is 0.284 e. The van der Waals surface area contributed by atoms with Gasteiger partial charge in [-0.1, -0.05) is 18.2 Å². The second-order valence-corrected chi connectivity index (χ2v) is 13.9. The molecule has 2 saturated heterocycles. The molecule has 2 amide bonds. The maximum absolute atomic E-state index is 13.5. The number of nitrogens with two attached hydrogens (primary N) is 1. The Balaban J connectivity index is 0.968. The van der Waals surface area contributed by atoms with Crippen LogP contribution in [0.3, 0.4) is 0 Å². The molecule has 14 heteroatoms. The van der Waals surface area contributed by atoms with E-state index in [0.717, 1.165) is 86.4 Å². The summed E-state index contributed by atoms with van der Waals surface area (Å²) in [6.45, 7) is 7.06. The standard InChI is InChI=1S/C40H40N10O3S/c41-31-10-5-27(22-33(31)46-38(51)29-7-12-36(44-24-29)49-17-13-42-14-18-49)26-3-8-30(9-4-26)45-32-11-6-28(35-2-1-21-53-35)23-34(32)47-39(52)40-48-37(25-54-40)50-19-15-43-16-20-50/h1-12,21-25,42-43,45H,13-20,41H2,(H,46,51)(H,47,52). The Bertz CT molecular complexity index is 2230. The summed E-state index contributed by atoms with van der Waals surface area (Å²) in [6.07, 6.45) is 3.22. The number of anilines is 7. The van der Waals surface area contributed by atoms with Crippen LogP contribution < -0.4 is 42.1 Å². The molecular weight excluding hydrogens is 701 g/mol. The third-order valence-corrected chi connectivity index (χ3v) is 10.3. The molecule has 0 atom stereocenters. The van der Waals surface area contributed by atoms with Crippen molar-refractivity contribution in [2.75, 3.05) is 83.8 Å². The van der Waals surface area contributed by atoms with Gasteiger partial charge >= 0.3 is 0 Å². The molecule has 7 N–H and O–H groups in total. The van der Waals surface area contributed by atoms with E-state index in [2.05, 4.69) is 46.4 Å². The fourth-order valence-electron chi connectivity index (χ4n) is 6.48. The molecule has 54 heavy (non-hydrogen) atoms. The summed E-state index contributed by atoms with van der Waals surface area (Å²) in [4.78, 5) is 40.2. The molecule has 0 unspecified atom stereocenters. The largest absolute Gasteiger partial charge is 0.464 e. The number of hydrogen-bond donors (Lipinski definition) is 6. The Hall–Kier alpha value is -6.22. The SMILES string of the molecule is Nc1ccc(-c2ccc(Nc3ccc(-c4ccco4)cc3NC(=O)c3nc(N4CCNCC4)cs3)cc2)cc1NC(=O)c1ccc(N2CCNCC2)nc1. The van der Waals surface area contributed by atoms with Crippen molar-refractivity contribution in [3.63, 3.8) is 0 Å². The first-order valence-corrected chi connectivity index (χ1v) is 18.8. The molecule has 2 aliphatic rings. The third-order valence-electron chi connectivity index (χ3n) is 9.45. The molecule has 8 rings (SSSR count). The average molecular weight is 741 g/mol. The van der Waals surface area contributed by atoms with Crippen LogP contribution in [0.1, 0.15) is 20.2 Å². The van der Waals surface area contributed by atoms with E-state index in [0.29, 0.717) is 39.1 Å². The molecule has 0 aliphatic carbocycles. The normalized spacial score (nSPS) is 14.4. The highest BCUT2D eigenvalue weighted by Crippen LogP contribution is 2.34. The van der Waals surface area contributed by atoms with Gasteiger partial charge in [-0.15, -0.1) is 11.3 Å².